The van der Waals surface area contributed by atoms with Crippen molar-refractivity contribution < 1.29 is 14.2 Å². The lowest BCUT2D eigenvalue weighted by atomic mass is 10.1. The minimum atomic E-state index is 0.314. The molecule has 0 bridgehead atoms. The number of nitrogens with one attached hydrogen (secondary N) is 1. The Hall–Kier alpha value is -0.460. The molecule has 1 aromatic carbocycles. The zero-order valence-corrected chi connectivity index (χ0v) is 13.8. The summed E-state index contributed by atoms with van der Waals surface area (Å²) in [6, 6.07) is 8.64. The summed E-state index contributed by atoms with van der Waals surface area (Å²) in [6.45, 7) is 6.15. The molecule has 0 amide bonds. The SMILES string of the molecule is COCCOCCOCCNC(C)c1cccc(Br)c1. The standard InChI is InChI=1S/C15H24BrNO3/c1-13(14-4-3-5-15(16)12-14)17-6-7-19-10-11-20-9-8-18-2/h3-5,12-13,17H,6-11H2,1-2H3. The summed E-state index contributed by atoms with van der Waals surface area (Å²) in [4.78, 5) is 0. The molecule has 0 aliphatic carbocycles. The summed E-state index contributed by atoms with van der Waals surface area (Å²) < 4.78 is 16.8. The maximum Gasteiger partial charge on any atom is 0.0701 e. The summed E-state index contributed by atoms with van der Waals surface area (Å²) in [6.07, 6.45) is 0. The first-order chi connectivity index (χ1) is 9.74. The van der Waals surface area contributed by atoms with Gasteiger partial charge >= 0.3 is 0 Å². The van der Waals surface area contributed by atoms with Crippen molar-refractivity contribution in [3.8, 4) is 0 Å². The van der Waals surface area contributed by atoms with Gasteiger partial charge in [0.15, 0.2) is 0 Å². The summed E-state index contributed by atoms with van der Waals surface area (Å²) in [5.74, 6) is 0. The second kappa shape index (κ2) is 11.2. The van der Waals surface area contributed by atoms with E-state index in [1.807, 2.05) is 12.1 Å². The van der Waals surface area contributed by atoms with Crippen LogP contribution in [0.5, 0.6) is 0 Å². The van der Waals surface area contributed by atoms with Crippen molar-refractivity contribution in [2.75, 3.05) is 46.7 Å². The summed E-state index contributed by atoms with van der Waals surface area (Å²) in [7, 11) is 1.66. The van der Waals surface area contributed by atoms with E-state index in [1.165, 1.54) is 5.56 Å². The van der Waals surface area contributed by atoms with E-state index in [4.69, 9.17) is 14.2 Å². The van der Waals surface area contributed by atoms with Crippen molar-refractivity contribution in [2.45, 2.75) is 13.0 Å². The zero-order valence-electron chi connectivity index (χ0n) is 12.2. The first-order valence-electron chi connectivity index (χ1n) is 6.87. The molecule has 0 radical (unpaired) electrons. The molecule has 0 aliphatic heterocycles. The maximum atomic E-state index is 5.49. The second-order valence-corrected chi connectivity index (χ2v) is 5.36. The Labute approximate surface area is 129 Å². The summed E-state index contributed by atoms with van der Waals surface area (Å²) in [5, 5.41) is 3.43. The van der Waals surface area contributed by atoms with Crippen LogP contribution in [0.2, 0.25) is 0 Å². The average molecular weight is 346 g/mol. The Morgan fingerprint density at radius 2 is 1.80 bits per heavy atom. The van der Waals surface area contributed by atoms with E-state index in [9.17, 15) is 0 Å². The fourth-order valence-corrected chi connectivity index (χ4v) is 2.12. The number of hydrogen-bond acceptors (Lipinski definition) is 4. The number of benzene rings is 1. The second-order valence-electron chi connectivity index (χ2n) is 4.45. The van der Waals surface area contributed by atoms with E-state index < -0.39 is 0 Å². The maximum absolute atomic E-state index is 5.49. The van der Waals surface area contributed by atoms with Gasteiger partial charge in [0.2, 0.25) is 0 Å². The van der Waals surface area contributed by atoms with Gasteiger partial charge in [0.1, 0.15) is 0 Å². The van der Waals surface area contributed by atoms with E-state index in [1.54, 1.807) is 7.11 Å². The number of rotatable bonds is 11. The molecule has 0 aromatic heterocycles. The molecule has 5 heteroatoms. The molecule has 1 unspecified atom stereocenters. The molecule has 114 valence electrons. The van der Waals surface area contributed by atoms with Crippen LogP contribution in [-0.2, 0) is 14.2 Å². The van der Waals surface area contributed by atoms with Crippen molar-refractivity contribution in [2.24, 2.45) is 0 Å². The molecular formula is C15H24BrNO3. The fourth-order valence-electron chi connectivity index (χ4n) is 1.71. The lowest BCUT2D eigenvalue weighted by Gasteiger charge is -2.14. The summed E-state index contributed by atoms with van der Waals surface area (Å²) >= 11 is 3.48. The molecule has 0 saturated carbocycles. The van der Waals surface area contributed by atoms with Gasteiger partial charge < -0.3 is 19.5 Å². The predicted molar refractivity (Wildman–Crippen MR) is 84.1 cm³/mol. The molecule has 0 aliphatic rings. The van der Waals surface area contributed by atoms with Crippen molar-refractivity contribution in [3.63, 3.8) is 0 Å². The minimum absolute atomic E-state index is 0.314. The third kappa shape index (κ3) is 7.97. The number of methoxy groups -OCH3 is 1. The van der Waals surface area contributed by atoms with Crippen LogP contribution in [0.3, 0.4) is 0 Å². The molecule has 1 atom stereocenters. The largest absolute Gasteiger partial charge is 0.382 e. The Morgan fingerprint density at radius 3 is 2.50 bits per heavy atom. The highest BCUT2D eigenvalue weighted by Gasteiger charge is 2.04. The van der Waals surface area contributed by atoms with Crippen LogP contribution in [0.15, 0.2) is 28.7 Å². The smallest absolute Gasteiger partial charge is 0.0701 e. The Balaban J connectivity index is 2.01. The highest BCUT2D eigenvalue weighted by molar-refractivity contribution is 9.10. The van der Waals surface area contributed by atoms with Crippen molar-refractivity contribution in [1.29, 1.82) is 0 Å². The number of halogens is 1. The van der Waals surface area contributed by atoms with E-state index in [0.717, 1.165) is 11.0 Å². The lowest BCUT2D eigenvalue weighted by Crippen LogP contribution is -2.24. The Kier molecular flexibility index (Phi) is 9.87. The molecule has 0 spiro atoms. The van der Waals surface area contributed by atoms with E-state index >= 15 is 0 Å². The molecule has 1 rings (SSSR count). The summed E-state index contributed by atoms with van der Waals surface area (Å²) in [5.41, 5.74) is 1.27. The van der Waals surface area contributed by atoms with Gasteiger partial charge in [0.25, 0.3) is 0 Å². The van der Waals surface area contributed by atoms with E-state index in [2.05, 4.69) is 40.3 Å². The fraction of sp³-hybridized carbons (Fsp3) is 0.600. The van der Waals surface area contributed by atoms with Gasteiger partial charge in [-0.3, -0.25) is 0 Å². The van der Waals surface area contributed by atoms with Crippen LogP contribution >= 0.6 is 15.9 Å². The van der Waals surface area contributed by atoms with Gasteiger partial charge in [-0.15, -0.1) is 0 Å². The van der Waals surface area contributed by atoms with Crippen LogP contribution in [-0.4, -0.2) is 46.7 Å². The quantitative estimate of drug-likeness (QED) is 0.626. The van der Waals surface area contributed by atoms with Crippen molar-refractivity contribution in [1.82, 2.24) is 5.32 Å². The number of hydrogen-bond donors (Lipinski definition) is 1. The molecule has 0 fully saturated rings. The zero-order chi connectivity index (χ0) is 14.6. The van der Waals surface area contributed by atoms with Gasteiger partial charge in [0.05, 0.1) is 33.0 Å². The highest BCUT2D eigenvalue weighted by atomic mass is 79.9. The number of ether oxygens (including phenoxy) is 3. The first kappa shape index (κ1) is 17.6. The van der Waals surface area contributed by atoms with Gasteiger partial charge in [-0.05, 0) is 24.6 Å². The molecule has 1 aromatic rings. The third-order valence-corrected chi connectivity index (χ3v) is 3.34. The molecule has 1 N–H and O–H groups in total. The molecule has 4 nitrogen and oxygen atoms in total. The predicted octanol–water partition coefficient (Wildman–Crippen LogP) is 2.78. The van der Waals surface area contributed by atoms with Crippen LogP contribution in [0.4, 0.5) is 0 Å². The third-order valence-electron chi connectivity index (χ3n) is 2.85. The van der Waals surface area contributed by atoms with Gasteiger partial charge in [-0.25, -0.2) is 0 Å². The van der Waals surface area contributed by atoms with Gasteiger partial charge in [-0.2, -0.15) is 0 Å². The Bertz CT molecular complexity index is 363. The first-order valence-corrected chi connectivity index (χ1v) is 7.66. The highest BCUT2D eigenvalue weighted by Crippen LogP contribution is 2.17. The van der Waals surface area contributed by atoms with Gasteiger partial charge in [0, 0.05) is 24.2 Å². The molecule has 0 heterocycles. The monoisotopic (exact) mass is 345 g/mol. The van der Waals surface area contributed by atoms with Crippen LogP contribution in [0, 0.1) is 0 Å². The molecular weight excluding hydrogens is 322 g/mol. The average Bonchev–Trinajstić information content (AvgIpc) is 2.45. The van der Waals surface area contributed by atoms with Crippen molar-refractivity contribution >= 4 is 15.9 Å². The molecule has 0 saturated heterocycles. The minimum Gasteiger partial charge on any atom is -0.382 e. The lowest BCUT2D eigenvalue weighted by molar-refractivity contribution is 0.0253. The van der Waals surface area contributed by atoms with Gasteiger partial charge in [-0.1, -0.05) is 28.1 Å². The van der Waals surface area contributed by atoms with Crippen LogP contribution in [0.25, 0.3) is 0 Å². The Morgan fingerprint density at radius 1 is 1.10 bits per heavy atom. The molecule has 20 heavy (non-hydrogen) atoms. The normalized spacial score (nSPS) is 12.6. The van der Waals surface area contributed by atoms with E-state index in [-0.39, 0.29) is 0 Å². The van der Waals surface area contributed by atoms with Crippen LogP contribution < -0.4 is 5.32 Å². The topological polar surface area (TPSA) is 39.7 Å². The van der Waals surface area contributed by atoms with E-state index in [0.29, 0.717) is 39.1 Å². The van der Waals surface area contributed by atoms with Crippen molar-refractivity contribution in [3.05, 3.63) is 34.3 Å². The van der Waals surface area contributed by atoms with Crippen LogP contribution in [0.1, 0.15) is 18.5 Å².